The first-order chi connectivity index (χ1) is 18.3. The van der Waals surface area contributed by atoms with Crippen molar-refractivity contribution in [3.63, 3.8) is 0 Å². The largest absolute Gasteiger partial charge is 0.340 e. The third-order valence-corrected chi connectivity index (χ3v) is 6.18. The number of aryl methyl sites for hydroxylation is 2. The summed E-state index contributed by atoms with van der Waals surface area (Å²) in [5.74, 6) is 0.487. The zero-order valence-electron chi connectivity index (χ0n) is 21.1. The Balaban J connectivity index is 1.23. The summed E-state index contributed by atoms with van der Waals surface area (Å²) in [6, 6.07) is 22.5. The Morgan fingerprint density at radius 1 is 0.737 bits per heavy atom. The monoisotopic (exact) mass is 506 g/mol. The Labute approximate surface area is 219 Å². The minimum Gasteiger partial charge on any atom is -0.340 e. The van der Waals surface area contributed by atoms with Crippen molar-refractivity contribution in [1.82, 2.24) is 14.9 Å². The van der Waals surface area contributed by atoms with Gasteiger partial charge in [-0.25, -0.2) is 9.97 Å². The highest BCUT2D eigenvalue weighted by Gasteiger charge is 2.40. The molecule has 1 unspecified atom stereocenters. The highest BCUT2D eigenvalue weighted by atomic mass is 16.2. The molecule has 5 rings (SSSR count). The Hall–Kier alpha value is -5.05. The summed E-state index contributed by atoms with van der Waals surface area (Å²) in [6.45, 7) is 5.39. The number of hydrogen-bond donors (Lipinski definition) is 3. The Bertz CT molecular complexity index is 1500. The van der Waals surface area contributed by atoms with E-state index in [0.717, 1.165) is 16.3 Å². The number of amides is 3. The summed E-state index contributed by atoms with van der Waals surface area (Å²) in [7, 11) is 0. The van der Waals surface area contributed by atoms with Gasteiger partial charge in [0.2, 0.25) is 5.91 Å². The molecule has 3 N–H and O–H groups in total. The highest BCUT2D eigenvalue weighted by Crippen LogP contribution is 2.26. The summed E-state index contributed by atoms with van der Waals surface area (Å²) >= 11 is 0. The third kappa shape index (κ3) is 5.08. The van der Waals surface area contributed by atoms with Gasteiger partial charge in [0, 0.05) is 23.1 Å². The van der Waals surface area contributed by atoms with E-state index in [9.17, 15) is 14.4 Å². The number of carbonyl (C=O) groups excluding carboxylic acids is 3. The number of fused-ring (bicyclic) bond motifs is 1. The third-order valence-electron chi connectivity index (χ3n) is 6.18. The van der Waals surface area contributed by atoms with Crippen molar-refractivity contribution in [2.75, 3.05) is 16.0 Å². The van der Waals surface area contributed by atoms with Gasteiger partial charge in [0.25, 0.3) is 11.8 Å². The van der Waals surface area contributed by atoms with Crippen LogP contribution in [0.5, 0.6) is 0 Å². The lowest BCUT2D eigenvalue weighted by molar-refractivity contribution is -0.119. The molecule has 0 saturated carbocycles. The predicted octanol–water partition coefficient (Wildman–Crippen LogP) is 5.20. The first-order valence-electron chi connectivity index (χ1n) is 12.1. The normalized spacial score (nSPS) is 13.2. The minimum absolute atomic E-state index is 0.310. The van der Waals surface area contributed by atoms with E-state index in [4.69, 9.17) is 0 Å². The Morgan fingerprint density at radius 3 is 1.74 bits per heavy atom. The van der Waals surface area contributed by atoms with Crippen LogP contribution in [0.4, 0.5) is 28.7 Å². The predicted molar refractivity (Wildman–Crippen MR) is 146 cm³/mol. The van der Waals surface area contributed by atoms with Crippen LogP contribution in [-0.4, -0.2) is 38.6 Å². The average molecular weight is 507 g/mol. The smallest absolute Gasteiger partial charge is 0.262 e. The van der Waals surface area contributed by atoms with Gasteiger partial charge in [-0.3, -0.25) is 19.3 Å². The van der Waals surface area contributed by atoms with Crippen LogP contribution >= 0.6 is 0 Å². The summed E-state index contributed by atoms with van der Waals surface area (Å²) in [4.78, 5) is 48.1. The number of rotatable bonds is 7. The number of nitrogens with zero attached hydrogens (tertiary/aromatic N) is 3. The fourth-order valence-corrected chi connectivity index (χ4v) is 4.19. The van der Waals surface area contributed by atoms with Crippen LogP contribution in [-0.2, 0) is 4.79 Å². The molecule has 9 heteroatoms. The summed E-state index contributed by atoms with van der Waals surface area (Å²) in [5, 5.41) is 9.31. The Kier molecular flexibility index (Phi) is 6.57. The van der Waals surface area contributed by atoms with E-state index in [0.29, 0.717) is 34.3 Å². The van der Waals surface area contributed by atoms with Crippen LogP contribution in [0.1, 0.15) is 39.0 Å². The number of aromatic nitrogens is 2. The van der Waals surface area contributed by atoms with Gasteiger partial charge in [0.05, 0.1) is 11.1 Å². The van der Waals surface area contributed by atoms with Crippen LogP contribution in [0.15, 0.2) is 78.9 Å². The summed E-state index contributed by atoms with van der Waals surface area (Å²) in [6.07, 6.45) is 0. The standard InChI is InChI=1S/C29H26N6O3/c1-17-8-10-20(11-9-17)32-25-16-26(31-19(3)30-25)33-21-12-14-22(15-13-21)34-27(36)18(2)35-28(37)23-6-4-5-7-24(23)29(35)38/h4-16,18H,1-3H3,(H,34,36)(H2,30,31,32,33). The zero-order chi connectivity index (χ0) is 26.8. The van der Waals surface area contributed by atoms with Crippen molar-refractivity contribution in [3.8, 4) is 0 Å². The molecule has 0 radical (unpaired) electrons. The lowest BCUT2D eigenvalue weighted by Gasteiger charge is -2.21. The van der Waals surface area contributed by atoms with Crippen molar-refractivity contribution in [3.05, 3.63) is 101 Å². The van der Waals surface area contributed by atoms with Crippen molar-refractivity contribution in [1.29, 1.82) is 0 Å². The maximum absolute atomic E-state index is 12.9. The topological polar surface area (TPSA) is 116 Å². The molecular formula is C29H26N6O3. The second-order valence-corrected chi connectivity index (χ2v) is 9.07. The first-order valence-corrected chi connectivity index (χ1v) is 12.1. The lowest BCUT2D eigenvalue weighted by atomic mass is 10.1. The highest BCUT2D eigenvalue weighted by molar-refractivity contribution is 6.23. The molecular weight excluding hydrogens is 480 g/mol. The number of nitrogens with one attached hydrogen (secondary N) is 3. The van der Waals surface area contributed by atoms with Crippen LogP contribution in [0, 0.1) is 13.8 Å². The van der Waals surface area contributed by atoms with Crippen LogP contribution in [0.2, 0.25) is 0 Å². The molecule has 1 aliphatic heterocycles. The van der Waals surface area contributed by atoms with E-state index in [-0.39, 0.29) is 0 Å². The van der Waals surface area contributed by atoms with E-state index in [1.807, 2.05) is 44.2 Å². The molecule has 1 atom stereocenters. The van der Waals surface area contributed by atoms with Crippen LogP contribution in [0.3, 0.4) is 0 Å². The van der Waals surface area contributed by atoms with Crippen molar-refractivity contribution in [2.45, 2.75) is 26.8 Å². The molecule has 0 aliphatic carbocycles. The van der Waals surface area contributed by atoms with Crippen LogP contribution < -0.4 is 16.0 Å². The first kappa shape index (κ1) is 24.6. The molecule has 0 spiro atoms. The fourth-order valence-electron chi connectivity index (χ4n) is 4.19. The second-order valence-electron chi connectivity index (χ2n) is 9.07. The van der Waals surface area contributed by atoms with Gasteiger partial charge in [-0.05, 0) is 69.3 Å². The van der Waals surface area contributed by atoms with Gasteiger partial charge in [-0.1, -0.05) is 29.8 Å². The number of imide groups is 1. The van der Waals surface area contributed by atoms with E-state index < -0.39 is 23.8 Å². The number of anilines is 5. The number of carbonyl (C=O) groups is 3. The molecule has 0 saturated heterocycles. The quantitative estimate of drug-likeness (QED) is 0.295. The van der Waals surface area contributed by atoms with E-state index >= 15 is 0 Å². The molecule has 190 valence electrons. The lowest BCUT2D eigenvalue weighted by Crippen LogP contribution is -2.45. The Morgan fingerprint density at radius 2 is 1.21 bits per heavy atom. The SMILES string of the molecule is Cc1ccc(Nc2cc(Nc3ccc(NC(=O)C(C)N4C(=O)c5ccccc5C4=O)cc3)nc(C)n2)cc1. The molecule has 3 aromatic carbocycles. The minimum atomic E-state index is -0.969. The number of benzene rings is 3. The summed E-state index contributed by atoms with van der Waals surface area (Å²) < 4.78 is 0. The van der Waals surface area contributed by atoms with Gasteiger partial charge < -0.3 is 16.0 Å². The molecule has 38 heavy (non-hydrogen) atoms. The van der Waals surface area contributed by atoms with E-state index in [1.165, 1.54) is 12.5 Å². The molecule has 2 heterocycles. The molecule has 0 fully saturated rings. The zero-order valence-corrected chi connectivity index (χ0v) is 21.1. The van der Waals surface area contributed by atoms with E-state index in [2.05, 4.69) is 25.9 Å². The van der Waals surface area contributed by atoms with Gasteiger partial charge in [0.15, 0.2) is 0 Å². The van der Waals surface area contributed by atoms with Crippen molar-refractivity contribution < 1.29 is 14.4 Å². The molecule has 1 aromatic heterocycles. The summed E-state index contributed by atoms with van der Waals surface area (Å²) in [5.41, 5.74) is 4.01. The van der Waals surface area contributed by atoms with Gasteiger partial charge >= 0.3 is 0 Å². The molecule has 4 aromatic rings. The van der Waals surface area contributed by atoms with E-state index in [1.54, 1.807) is 48.5 Å². The average Bonchev–Trinajstić information content (AvgIpc) is 3.15. The van der Waals surface area contributed by atoms with Crippen LogP contribution in [0.25, 0.3) is 0 Å². The van der Waals surface area contributed by atoms with Gasteiger partial charge in [-0.2, -0.15) is 0 Å². The maximum Gasteiger partial charge on any atom is 0.262 e. The van der Waals surface area contributed by atoms with Gasteiger partial charge in [0.1, 0.15) is 23.5 Å². The maximum atomic E-state index is 12.9. The van der Waals surface area contributed by atoms with Crippen molar-refractivity contribution >= 4 is 46.4 Å². The second kappa shape index (κ2) is 10.1. The molecule has 1 aliphatic rings. The molecule has 3 amide bonds. The molecule has 0 bridgehead atoms. The van der Waals surface area contributed by atoms with Gasteiger partial charge in [-0.15, -0.1) is 0 Å². The fraction of sp³-hybridized carbons (Fsp3) is 0.138. The molecule has 9 nitrogen and oxygen atoms in total. The van der Waals surface area contributed by atoms with Crippen molar-refractivity contribution in [2.24, 2.45) is 0 Å². The number of hydrogen-bond acceptors (Lipinski definition) is 7.